The molecule has 14 heavy (non-hydrogen) atoms. The number of H-pyrrole nitrogens is 1. The number of imidazole rings is 1. The molecule has 1 N–H and O–H groups in total. The van der Waals surface area contributed by atoms with Crippen molar-refractivity contribution in [2.24, 2.45) is 0 Å². The summed E-state index contributed by atoms with van der Waals surface area (Å²) in [6.07, 6.45) is 2.43. The van der Waals surface area contributed by atoms with Crippen LogP contribution in [0.5, 0.6) is 0 Å². The van der Waals surface area contributed by atoms with Gasteiger partial charge in [-0.1, -0.05) is 29.8 Å². The van der Waals surface area contributed by atoms with Gasteiger partial charge in [0, 0.05) is 11.4 Å². The second kappa shape index (κ2) is 4.15. The van der Waals surface area contributed by atoms with Gasteiger partial charge in [0.05, 0.1) is 12.0 Å². The SMILES string of the molecule is Clc1ccccc1Cc1[nH]cnc1Br. The van der Waals surface area contributed by atoms with Crippen molar-refractivity contribution in [3.8, 4) is 0 Å². The number of benzene rings is 1. The normalized spacial score (nSPS) is 10.4. The Kier molecular flexibility index (Phi) is 2.89. The molecule has 1 aromatic carbocycles. The summed E-state index contributed by atoms with van der Waals surface area (Å²) in [6, 6.07) is 7.80. The van der Waals surface area contributed by atoms with Crippen molar-refractivity contribution in [1.82, 2.24) is 9.97 Å². The third-order valence-electron chi connectivity index (χ3n) is 1.99. The first-order valence-corrected chi connectivity index (χ1v) is 5.35. The average Bonchev–Trinajstić information content (AvgIpc) is 2.56. The molecule has 0 radical (unpaired) electrons. The summed E-state index contributed by atoms with van der Waals surface area (Å²) in [5.74, 6) is 0. The van der Waals surface area contributed by atoms with Gasteiger partial charge in [-0.05, 0) is 27.6 Å². The largest absolute Gasteiger partial charge is 0.347 e. The summed E-state index contributed by atoms with van der Waals surface area (Å²) in [7, 11) is 0. The molecule has 0 fully saturated rings. The molecule has 0 saturated carbocycles. The third-order valence-corrected chi connectivity index (χ3v) is 3.04. The van der Waals surface area contributed by atoms with E-state index in [1.807, 2.05) is 24.3 Å². The molecule has 0 aliphatic heterocycles. The van der Waals surface area contributed by atoms with Crippen molar-refractivity contribution in [1.29, 1.82) is 0 Å². The first kappa shape index (κ1) is 9.74. The van der Waals surface area contributed by atoms with Gasteiger partial charge >= 0.3 is 0 Å². The Balaban J connectivity index is 2.28. The molecule has 4 heteroatoms. The van der Waals surface area contributed by atoms with Crippen LogP contribution in [0.15, 0.2) is 35.2 Å². The van der Waals surface area contributed by atoms with Gasteiger partial charge in [0.15, 0.2) is 0 Å². The average molecular weight is 272 g/mol. The molecule has 0 atom stereocenters. The molecule has 2 nitrogen and oxygen atoms in total. The first-order valence-electron chi connectivity index (χ1n) is 4.18. The molecular formula is C10H8BrClN2. The Labute approximate surface area is 95.5 Å². The molecule has 72 valence electrons. The van der Waals surface area contributed by atoms with E-state index in [1.54, 1.807) is 6.33 Å². The number of aromatic amines is 1. The molecule has 0 saturated heterocycles. The lowest BCUT2D eigenvalue weighted by atomic mass is 10.1. The lowest BCUT2D eigenvalue weighted by molar-refractivity contribution is 1.10. The van der Waals surface area contributed by atoms with Gasteiger partial charge in [-0.2, -0.15) is 0 Å². The van der Waals surface area contributed by atoms with Crippen molar-refractivity contribution < 1.29 is 0 Å². The summed E-state index contributed by atoms with van der Waals surface area (Å²) in [6.45, 7) is 0. The van der Waals surface area contributed by atoms with Gasteiger partial charge in [0.2, 0.25) is 0 Å². The highest BCUT2D eigenvalue weighted by molar-refractivity contribution is 9.10. The number of halogens is 2. The maximum atomic E-state index is 6.04. The van der Waals surface area contributed by atoms with Crippen LogP contribution in [0.25, 0.3) is 0 Å². The Morgan fingerprint density at radius 1 is 1.36 bits per heavy atom. The lowest BCUT2D eigenvalue weighted by Crippen LogP contribution is -1.90. The molecule has 2 aromatic rings. The summed E-state index contributed by atoms with van der Waals surface area (Å²) in [5, 5.41) is 0.786. The van der Waals surface area contributed by atoms with Gasteiger partial charge < -0.3 is 4.98 Å². The van der Waals surface area contributed by atoms with Crippen molar-refractivity contribution in [3.63, 3.8) is 0 Å². The Bertz CT molecular complexity index is 439. The summed E-state index contributed by atoms with van der Waals surface area (Å²) in [4.78, 5) is 7.12. The van der Waals surface area contributed by atoms with Crippen molar-refractivity contribution in [2.45, 2.75) is 6.42 Å². The van der Waals surface area contributed by atoms with Gasteiger partial charge in [0.25, 0.3) is 0 Å². The first-order chi connectivity index (χ1) is 6.77. The minimum absolute atomic E-state index is 0.764. The van der Waals surface area contributed by atoms with Gasteiger partial charge in [-0.25, -0.2) is 4.98 Å². The van der Waals surface area contributed by atoms with Crippen molar-refractivity contribution >= 4 is 27.5 Å². The maximum absolute atomic E-state index is 6.04. The van der Waals surface area contributed by atoms with Gasteiger partial charge in [-0.15, -0.1) is 0 Å². The van der Waals surface area contributed by atoms with Crippen LogP contribution in [0, 0.1) is 0 Å². The maximum Gasteiger partial charge on any atom is 0.127 e. The van der Waals surface area contributed by atoms with Crippen LogP contribution in [0.2, 0.25) is 5.02 Å². The van der Waals surface area contributed by atoms with Crippen LogP contribution in [-0.2, 0) is 6.42 Å². The van der Waals surface area contributed by atoms with Crippen LogP contribution in [-0.4, -0.2) is 9.97 Å². The minimum atomic E-state index is 0.764. The minimum Gasteiger partial charge on any atom is -0.347 e. The van der Waals surface area contributed by atoms with E-state index in [4.69, 9.17) is 11.6 Å². The Morgan fingerprint density at radius 2 is 2.14 bits per heavy atom. The van der Waals surface area contributed by atoms with Gasteiger partial charge in [0.1, 0.15) is 4.60 Å². The van der Waals surface area contributed by atoms with Crippen LogP contribution in [0.3, 0.4) is 0 Å². The van der Waals surface area contributed by atoms with E-state index in [0.29, 0.717) is 0 Å². The molecule has 1 aromatic heterocycles. The topological polar surface area (TPSA) is 28.7 Å². The monoisotopic (exact) mass is 270 g/mol. The van der Waals surface area contributed by atoms with E-state index < -0.39 is 0 Å². The lowest BCUT2D eigenvalue weighted by Gasteiger charge is -2.01. The highest BCUT2D eigenvalue weighted by Crippen LogP contribution is 2.21. The number of aromatic nitrogens is 2. The molecule has 2 rings (SSSR count). The van der Waals surface area contributed by atoms with E-state index in [-0.39, 0.29) is 0 Å². The predicted molar refractivity (Wildman–Crippen MR) is 60.5 cm³/mol. The molecule has 0 unspecified atom stereocenters. The van der Waals surface area contributed by atoms with Crippen LogP contribution in [0.1, 0.15) is 11.3 Å². The number of hydrogen-bond donors (Lipinski definition) is 1. The van der Waals surface area contributed by atoms with Crippen LogP contribution >= 0.6 is 27.5 Å². The van der Waals surface area contributed by atoms with E-state index in [9.17, 15) is 0 Å². The van der Waals surface area contributed by atoms with Gasteiger partial charge in [-0.3, -0.25) is 0 Å². The quantitative estimate of drug-likeness (QED) is 0.891. The zero-order valence-electron chi connectivity index (χ0n) is 7.30. The van der Waals surface area contributed by atoms with Crippen molar-refractivity contribution in [3.05, 3.63) is 51.5 Å². The number of rotatable bonds is 2. The molecule has 0 aliphatic carbocycles. The summed E-state index contributed by atoms with van der Waals surface area (Å²) in [5.41, 5.74) is 2.14. The molecular weight excluding hydrogens is 263 g/mol. The smallest absolute Gasteiger partial charge is 0.127 e. The zero-order valence-corrected chi connectivity index (χ0v) is 9.64. The van der Waals surface area contributed by atoms with Crippen LogP contribution in [0.4, 0.5) is 0 Å². The summed E-state index contributed by atoms with van der Waals surface area (Å²) >= 11 is 9.41. The van der Waals surface area contributed by atoms with E-state index in [2.05, 4.69) is 25.9 Å². The summed E-state index contributed by atoms with van der Waals surface area (Å²) < 4.78 is 0.845. The fourth-order valence-electron chi connectivity index (χ4n) is 1.26. The highest BCUT2D eigenvalue weighted by Gasteiger charge is 2.05. The number of hydrogen-bond acceptors (Lipinski definition) is 1. The fraction of sp³-hybridized carbons (Fsp3) is 0.100. The Morgan fingerprint density at radius 3 is 2.79 bits per heavy atom. The second-order valence-electron chi connectivity index (χ2n) is 2.94. The van der Waals surface area contributed by atoms with Crippen LogP contribution < -0.4 is 0 Å². The number of nitrogens with one attached hydrogen (secondary N) is 1. The van der Waals surface area contributed by atoms with E-state index in [0.717, 1.165) is 27.3 Å². The molecule has 0 bridgehead atoms. The second-order valence-corrected chi connectivity index (χ2v) is 4.10. The number of nitrogens with zero attached hydrogens (tertiary/aromatic N) is 1. The standard InChI is InChI=1S/C10H8BrClN2/c11-10-9(13-6-14-10)5-7-3-1-2-4-8(7)12/h1-4,6H,5H2,(H,13,14). The van der Waals surface area contributed by atoms with E-state index in [1.165, 1.54) is 0 Å². The third kappa shape index (κ3) is 1.99. The molecule has 0 spiro atoms. The fourth-order valence-corrected chi connectivity index (χ4v) is 1.82. The molecule has 0 amide bonds. The zero-order chi connectivity index (χ0) is 9.97. The molecule has 1 heterocycles. The Hall–Kier alpha value is -0.800. The highest BCUT2D eigenvalue weighted by atomic mass is 79.9. The predicted octanol–water partition coefficient (Wildman–Crippen LogP) is 3.42. The van der Waals surface area contributed by atoms with E-state index >= 15 is 0 Å². The van der Waals surface area contributed by atoms with Crippen molar-refractivity contribution in [2.75, 3.05) is 0 Å². The molecule has 0 aliphatic rings.